The Hall–Kier alpha value is -0.840. The third-order valence-electron chi connectivity index (χ3n) is 2.74. The summed E-state index contributed by atoms with van der Waals surface area (Å²) < 4.78 is 1.05. The Morgan fingerprint density at radius 3 is 2.50 bits per heavy atom. The van der Waals surface area contributed by atoms with Crippen LogP contribution in [0.1, 0.15) is 22.7 Å². The minimum atomic E-state index is -0.0310. The van der Waals surface area contributed by atoms with Gasteiger partial charge >= 0.3 is 0 Å². The van der Waals surface area contributed by atoms with Crippen molar-refractivity contribution in [3.63, 3.8) is 0 Å². The molecule has 18 heavy (non-hydrogen) atoms. The van der Waals surface area contributed by atoms with Crippen molar-refractivity contribution in [3.05, 3.63) is 50.6 Å². The highest BCUT2D eigenvalue weighted by Gasteiger charge is 2.12. The van der Waals surface area contributed by atoms with E-state index in [0.717, 1.165) is 16.6 Å². The van der Waals surface area contributed by atoms with Crippen LogP contribution in [0.3, 0.4) is 0 Å². The second kappa shape index (κ2) is 6.36. The number of rotatable bonds is 5. The molecule has 1 unspecified atom stereocenters. The first-order valence-electron chi connectivity index (χ1n) is 5.94. The number of aryl methyl sites for hydroxylation is 1. The van der Waals surface area contributed by atoms with Gasteiger partial charge in [-0.2, -0.15) is 0 Å². The number of nitrogens with one attached hydrogen (secondary N) is 1. The highest BCUT2D eigenvalue weighted by atomic mass is 79.9. The fourth-order valence-corrected chi connectivity index (χ4v) is 2.99. The molecule has 2 N–H and O–H groups in total. The number of aliphatic hydroxyl groups excluding tert-OH is 1. The molecule has 0 saturated heterocycles. The number of thiophene rings is 1. The van der Waals surface area contributed by atoms with E-state index >= 15 is 0 Å². The quantitative estimate of drug-likeness (QED) is 0.862. The third-order valence-corrected chi connectivity index (χ3v) is 4.61. The molecule has 1 aromatic carbocycles. The van der Waals surface area contributed by atoms with E-state index < -0.39 is 0 Å². The normalized spacial score (nSPS) is 12.4. The van der Waals surface area contributed by atoms with Gasteiger partial charge < -0.3 is 10.4 Å². The molecule has 2 rings (SSSR count). The Kier molecular flexibility index (Phi) is 4.80. The van der Waals surface area contributed by atoms with Crippen LogP contribution in [0.15, 0.2) is 40.9 Å². The summed E-state index contributed by atoms with van der Waals surface area (Å²) in [6.07, 6.45) is 1.04. The van der Waals surface area contributed by atoms with Gasteiger partial charge in [-0.25, -0.2) is 0 Å². The molecule has 0 amide bonds. The predicted molar refractivity (Wildman–Crippen MR) is 81.3 cm³/mol. The molecule has 0 fully saturated rings. The summed E-state index contributed by atoms with van der Waals surface area (Å²) in [4.78, 5) is 2.53. The lowest BCUT2D eigenvalue weighted by Gasteiger charge is -2.16. The average Bonchev–Trinajstić information content (AvgIpc) is 2.87. The number of anilines is 1. The molecule has 0 saturated carbocycles. The number of hydrogen-bond donors (Lipinski definition) is 2. The number of halogens is 1. The summed E-state index contributed by atoms with van der Waals surface area (Å²) in [6, 6.07) is 12.2. The molecule has 1 heterocycles. The van der Waals surface area contributed by atoms with E-state index in [0.29, 0.717) is 0 Å². The van der Waals surface area contributed by atoms with Crippen molar-refractivity contribution < 1.29 is 5.11 Å². The lowest BCUT2D eigenvalue weighted by Crippen LogP contribution is -2.13. The average molecular weight is 326 g/mol. The second-order valence-corrected chi connectivity index (χ2v) is 6.16. The summed E-state index contributed by atoms with van der Waals surface area (Å²) >= 11 is 5.17. The summed E-state index contributed by atoms with van der Waals surface area (Å²) in [5.41, 5.74) is 1.02. The third kappa shape index (κ3) is 3.34. The van der Waals surface area contributed by atoms with E-state index in [2.05, 4.69) is 40.3 Å². The van der Waals surface area contributed by atoms with Gasteiger partial charge in [0, 0.05) is 19.9 Å². The maximum atomic E-state index is 9.51. The van der Waals surface area contributed by atoms with Gasteiger partial charge in [0.2, 0.25) is 0 Å². The largest absolute Gasteiger partial charge is 0.394 e. The van der Waals surface area contributed by atoms with Gasteiger partial charge in [-0.3, -0.25) is 0 Å². The van der Waals surface area contributed by atoms with Gasteiger partial charge in [0.15, 0.2) is 0 Å². The number of aliphatic hydroxyl groups is 1. The highest BCUT2D eigenvalue weighted by molar-refractivity contribution is 9.10. The summed E-state index contributed by atoms with van der Waals surface area (Å²) in [5.74, 6) is 0. The Labute approximate surface area is 120 Å². The molecule has 0 aliphatic heterocycles. The second-order valence-electron chi connectivity index (χ2n) is 4.04. The smallest absolute Gasteiger partial charge is 0.0837 e. The molecule has 96 valence electrons. The van der Waals surface area contributed by atoms with E-state index in [9.17, 15) is 5.11 Å². The fraction of sp³-hybridized carbons (Fsp3) is 0.286. The van der Waals surface area contributed by atoms with E-state index in [-0.39, 0.29) is 12.6 Å². The Morgan fingerprint density at radius 2 is 1.94 bits per heavy atom. The molecule has 4 heteroatoms. The summed E-state index contributed by atoms with van der Waals surface area (Å²) in [7, 11) is 0. The van der Waals surface area contributed by atoms with Crippen molar-refractivity contribution in [1.82, 2.24) is 0 Å². The van der Waals surface area contributed by atoms with Gasteiger partial charge in [0.05, 0.1) is 12.6 Å². The molecule has 1 aromatic heterocycles. The maximum absolute atomic E-state index is 9.51. The van der Waals surface area contributed by atoms with Crippen LogP contribution in [0.2, 0.25) is 0 Å². The first-order valence-corrected chi connectivity index (χ1v) is 7.55. The molecule has 0 spiro atoms. The minimum Gasteiger partial charge on any atom is -0.394 e. The summed E-state index contributed by atoms with van der Waals surface area (Å²) in [6.45, 7) is 2.24. The van der Waals surface area contributed by atoms with Crippen molar-refractivity contribution in [2.75, 3.05) is 11.9 Å². The molecular weight excluding hydrogens is 310 g/mol. The van der Waals surface area contributed by atoms with Crippen LogP contribution >= 0.6 is 27.3 Å². The molecular formula is C14H16BrNOS. The van der Waals surface area contributed by atoms with Gasteiger partial charge in [0.25, 0.3) is 0 Å². The molecule has 0 bridgehead atoms. The van der Waals surface area contributed by atoms with Crippen molar-refractivity contribution in [1.29, 1.82) is 0 Å². The minimum absolute atomic E-state index is 0.0310. The maximum Gasteiger partial charge on any atom is 0.0837 e. The molecule has 2 nitrogen and oxygen atoms in total. The van der Waals surface area contributed by atoms with Crippen LogP contribution in [-0.2, 0) is 6.42 Å². The Bertz CT molecular complexity index is 495. The SMILES string of the molecule is CCc1ccc(C(CO)Nc2ccc(Br)cc2)s1. The molecule has 0 aliphatic carbocycles. The van der Waals surface area contributed by atoms with Crippen LogP contribution in [0.5, 0.6) is 0 Å². The summed E-state index contributed by atoms with van der Waals surface area (Å²) in [5, 5.41) is 12.9. The Balaban J connectivity index is 2.11. The molecule has 0 aliphatic rings. The first-order chi connectivity index (χ1) is 8.72. The zero-order chi connectivity index (χ0) is 13.0. The van der Waals surface area contributed by atoms with E-state index in [4.69, 9.17) is 0 Å². The van der Waals surface area contributed by atoms with Crippen LogP contribution < -0.4 is 5.32 Å². The topological polar surface area (TPSA) is 32.3 Å². The molecule has 0 radical (unpaired) electrons. The van der Waals surface area contributed by atoms with Crippen LogP contribution in [0.25, 0.3) is 0 Å². The van der Waals surface area contributed by atoms with Crippen LogP contribution in [0, 0.1) is 0 Å². The predicted octanol–water partition coefficient (Wildman–Crippen LogP) is 4.22. The van der Waals surface area contributed by atoms with Gasteiger partial charge in [-0.15, -0.1) is 11.3 Å². The van der Waals surface area contributed by atoms with Gasteiger partial charge in [-0.1, -0.05) is 22.9 Å². The van der Waals surface area contributed by atoms with Crippen molar-refractivity contribution in [3.8, 4) is 0 Å². The highest BCUT2D eigenvalue weighted by Crippen LogP contribution is 2.27. The monoisotopic (exact) mass is 325 g/mol. The van der Waals surface area contributed by atoms with Gasteiger partial charge in [0.1, 0.15) is 0 Å². The van der Waals surface area contributed by atoms with Crippen LogP contribution in [0.4, 0.5) is 5.69 Å². The van der Waals surface area contributed by atoms with E-state index in [1.807, 2.05) is 24.3 Å². The molecule has 1 atom stereocenters. The lowest BCUT2D eigenvalue weighted by atomic mass is 10.2. The first kappa shape index (κ1) is 13.6. The van der Waals surface area contributed by atoms with Crippen molar-refractivity contribution in [2.45, 2.75) is 19.4 Å². The van der Waals surface area contributed by atoms with Crippen molar-refractivity contribution >= 4 is 33.0 Å². The number of benzene rings is 1. The van der Waals surface area contributed by atoms with E-state index in [1.165, 1.54) is 9.75 Å². The Morgan fingerprint density at radius 1 is 1.22 bits per heavy atom. The fourth-order valence-electron chi connectivity index (χ4n) is 1.73. The van der Waals surface area contributed by atoms with Crippen LogP contribution in [-0.4, -0.2) is 11.7 Å². The number of hydrogen-bond acceptors (Lipinski definition) is 3. The lowest BCUT2D eigenvalue weighted by molar-refractivity contribution is 0.278. The zero-order valence-electron chi connectivity index (χ0n) is 10.2. The zero-order valence-corrected chi connectivity index (χ0v) is 12.6. The molecule has 2 aromatic rings. The van der Waals surface area contributed by atoms with Gasteiger partial charge in [-0.05, 0) is 42.8 Å². The van der Waals surface area contributed by atoms with Crippen molar-refractivity contribution in [2.24, 2.45) is 0 Å². The van der Waals surface area contributed by atoms with E-state index in [1.54, 1.807) is 11.3 Å². The standard InChI is InChI=1S/C14H16BrNOS/c1-2-12-7-8-14(18-12)13(9-17)16-11-5-3-10(15)4-6-11/h3-8,13,16-17H,2,9H2,1H3.